The molecule has 0 bridgehead atoms. The number of carbonyl (C=O) groups is 2. The molecule has 1 aliphatic rings. The van der Waals surface area contributed by atoms with Crippen LogP contribution >= 0.6 is 11.6 Å². The minimum atomic E-state index is -0.764. The van der Waals surface area contributed by atoms with Crippen molar-refractivity contribution in [1.82, 2.24) is 15.3 Å². The molecule has 0 amide bonds. The Morgan fingerprint density at radius 1 is 1.19 bits per heavy atom. The predicted molar refractivity (Wildman–Crippen MR) is 97.4 cm³/mol. The molecule has 2 heterocycles. The van der Waals surface area contributed by atoms with Crippen molar-refractivity contribution < 1.29 is 19.1 Å². The first-order valence-corrected chi connectivity index (χ1v) is 8.72. The Morgan fingerprint density at radius 2 is 1.77 bits per heavy atom. The maximum Gasteiger partial charge on any atom is 0.337 e. The standard InChI is InChI=1S/C18H24ClN3O4/c1-7-25-16(23)11-9(2)22-10(3)12(17(24)26-18(4,5)6)13(11)14-15(19)21-8-20-14/h8,13,22H,7H2,1-6H3,(H,20,21). The first-order valence-electron chi connectivity index (χ1n) is 8.34. The summed E-state index contributed by atoms with van der Waals surface area (Å²) < 4.78 is 10.7. The monoisotopic (exact) mass is 381 g/mol. The van der Waals surface area contributed by atoms with Gasteiger partial charge < -0.3 is 19.8 Å². The molecule has 0 aromatic carbocycles. The summed E-state index contributed by atoms with van der Waals surface area (Å²) in [6, 6.07) is 0. The number of hydrogen-bond acceptors (Lipinski definition) is 6. The number of H-pyrrole nitrogens is 1. The minimum absolute atomic E-state index is 0.181. The third kappa shape index (κ3) is 4.09. The summed E-state index contributed by atoms with van der Waals surface area (Å²) in [5.74, 6) is -1.82. The van der Waals surface area contributed by atoms with Crippen LogP contribution in [0.1, 0.15) is 53.2 Å². The van der Waals surface area contributed by atoms with Crippen molar-refractivity contribution in [1.29, 1.82) is 0 Å². The first-order chi connectivity index (χ1) is 12.1. The molecule has 0 aliphatic carbocycles. The van der Waals surface area contributed by atoms with Gasteiger partial charge in [-0.1, -0.05) is 11.6 Å². The third-order valence-electron chi connectivity index (χ3n) is 3.78. The SMILES string of the molecule is CCOC(=O)C1=C(C)NC(C)=C(C(=O)OC(C)(C)C)C1c1[nH]cnc1Cl. The molecule has 8 heteroatoms. The van der Waals surface area contributed by atoms with Crippen LogP contribution in [-0.2, 0) is 19.1 Å². The number of hydrogen-bond donors (Lipinski definition) is 2. The molecular formula is C18H24ClN3O4. The van der Waals surface area contributed by atoms with Gasteiger partial charge in [0.2, 0.25) is 0 Å². The Hall–Kier alpha value is -2.28. The molecule has 26 heavy (non-hydrogen) atoms. The molecule has 1 aromatic rings. The largest absolute Gasteiger partial charge is 0.463 e. The van der Waals surface area contributed by atoms with E-state index in [1.165, 1.54) is 6.33 Å². The number of aromatic nitrogens is 2. The lowest BCUT2D eigenvalue weighted by Crippen LogP contribution is -2.35. The number of nitrogens with one attached hydrogen (secondary N) is 2. The van der Waals surface area contributed by atoms with E-state index in [1.807, 2.05) is 0 Å². The van der Waals surface area contributed by atoms with Crippen LogP contribution in [0.5, 0.6) is 0 Å². The van der Waals surface area contributed by atoms with Crippen LogP contribution in [-0.4, -0.2) is 34.1 Å². The summed E-state index contributed by atoms with van der Waals surface area (Å²) in [7, 11) is 0. The zero-order valence-corrected chi connectivity index (χ0v) is 16.6. The first kappa shape index (κ1) is 20.0. The van der Waals surface area contributed by atoms with E-state index in [1.54, 1.807) is 41.5 Å². The molecule has 2 rings (SSSR count). The Kier molecular flexibility index (Phi) is 5.81. The summed E-state index contributed by atoms with van der Waals surface area (Å²) in [4.78, 5) is 32.4. The number of ether oxygens (including phenoxy) is 2. The third-order valence-corrected chi connectivity index (χ3v) is 4.08. The van der Waals surface area contributed by atoms with Gasteiger partial charge >= 0.3 is 11.9 Å². The summed E-state index contributed by atoms with van der Waals surface area (Å²) in [5, 5.41) is 3.26. The van der Waals surface area contributed by atoms with Crippen molar-refractivity contribution >= 4 is 23.5 Å². The highest BCUT2D eigenvalue weighted by Gasteiger charge is 2.40. The Labute approximate surface area is 157 Å². The summed E-state index contributed by atoms with van der Waals surface area (Å²) >= 11 is 6.21. The quantitative estimate of drug-likeness (QED) is 0.778. The van der Waals surface area contributed by atoms with Crippen molar-refractivity contribution in [3.63, 3.8) is 0 Å². The second kappa shape index (κ2) is 7.53. The van der Waals surface area contributed by atoms with E-state index in [4.69, 9.17) is 21.1 Å². The van der Waals surface area contributed by atoms with Gasteiger partial charge in [0.25, 0.3) is 0 Å². The zero-order chi connectivity index (χ0) is 19.6. The fourth-order valence-corrected chi connectivity index (χ4v) is 3.07. The second-order valence-corrected chi connectivity index (χ2v) is 7.32. The molecule has 0 fully saturated rings. The number of halogens is 1. The van der Waals surface area contributed by atoms with Crippen LogP contribution in [0.2, 0.25) is 5.15 Å². The Balaban J connectivity index is 2.61. The van der Waals surface area contributed by atoms with E-state index in [9.17, 15) is 9.59 Å². The number of esters is 2. The summed E-state index contributed by atoms with van der Waals surface area (Å²) in [6.07, 6.45) is 1.42. The molecule has 0 spiro atoms. The molecule has 1 unspecified atom stereocenters. The number of aromatic amines is 1. The summed E-state index contributed by atoms with van der Waals surface area (Å²) in [6.45, 7) is 10.8. The van der Waals surface area contributed by atoms with Gasteiger partial charge in [-0.25, -0.2) is 14.6 Å². The lowest BCUT2D eigenvalue weighted by atomic mass is 9.83. The van der Waals surface area contributed by atoms with Gasteiger partial charge in [0.05, 0.1) is 35.7 Å². The zero-order valence-electron chi connectivity index (χ0n) is 15.8. The number of dihydropyridines is 1. The molecule has 0 saturated carbocycles. The van der Waals surface area contributed by atoms with Crippen LogP contribution in [0.25, 0.3) is 0 Å². The van der Waals surface area contributed by atoms with Crippen LogP contribution in [0.4, 0.5) is 0 Å². The maximum absolute atomic E-state index is 12.9. The number of imidazole rings is 1. The van der Waals surface area contributed by atoms with E-state index in [2.05, 4.69) is 15.3 Å². The average Bonchev–Trinajstić information content (AvgIpc) is 2.90. The maximum atomic E-state index is 12.9. The molecule has 142 valence electrons. The van der Waals surface area contributed by atoms with Gasteiger partial charge in [0.15, 0.2) is 5.15 Å². The lowest BCUT2D eigenvalue weighted by Gasteiger charge is -2.31. The van der Waals surface area contributed by atoms with E-state index in [0.717, 1.165) is 0 Å². The van der Waals surface area contributed by atoms with Crippen LogP contribution in [0, 0.1) is 0 Å². The number of allylic oxidation sites excluding steroid dienone is 2. The van der Waals surface area contributed by atoms with Crippen LogP contribution < -0.4 is 5.32 Å². The molecule has 1 atom stereocenters. The minimum Gasteiger partial charge on any atom is -0.463 e. The number of rotatable bonds is 4. The van der Waals surface area contributed by atoms with Gasteiger partial charge in [-0.15, -0.1) is 0 Å². The van der Waals surface area contributed by atoms with Crippen molar-refractivity contribution in [3.8, 4) is 0 Å². The molecule has 1 aromatic heterocycles. The normalized spacial score (nSPS) is 17.9. The highest BCUT2D eigenvalue weighted by Crippen LogP contribution is 2.40. The van der Waals surface area contributed by atoms with Crippen molar-refractivity contribution in [2.75, 3.05) is 6.61 Å². The van der Waals surface area contributed by atoms with Crippen LogP contribution in [0.15, 0.2) is 28.9 Å². The predicted octanol–water partition coefficient (Wildman–Crippen LogP) is 3.20. The van der Waals surface area contributed by atoms with Gasteiger partial charge in [0.1, 0.15) is 5.60 Å². The van der Waals surface area contributed by atoms with Crippen molar-refractivity contribution in [3.05, 3.63) is 39.7 Å². The van der Waals surface area contributed by atoms with E-state index in [0.29, 0.717) is 28.2 Å². The fourth-order valence-electron chi connectivity index (χ4n) is 2.86. The highest BCUT2D eigenvalue weighted by atomic mass is 35.5. The topological polar surface area (TPSA) is 93.3 Å². The average molecular weight is 382 g/mol. The van der Waals surface area contributed by atoms with Crippen molar-refractivity contribution in [2.45, 2.75) is 53.1 Å². The molecular weight excluding hydrogens is 358 g/mol. The Bertz CT molecular complexity index is 787. The van der Waals surface area contributed by atoms with Gasteiger partial charge in [-0.2, -0.15) is 0 Å². The molecule has 1 aliphatic heterocycles. The highest BCUT2D eigenvalue weighted by molar-refractivity contribution is 6.30. The fraction of sp³-hybridized carbons (Fsp3) is 0.500. The van der Waals surface area contributed by atoms with E-state index < -0.39 is 23.5 Å². The molecule has 0 saturated heterocycles. The molecule has 7 nitrogen and oxygen atoms in total. The van der Waals surface area contributed by atoms with Crippen LogP contribution in [0.3, 0.4) is 0 Å². The summed E-state index contributed by atoms with van der Waals surface area (Å²) in [5.41, 5.74) is 1.51. The van der Waals surface area contributed by atoms with Gasteiger partial charge in [-0.3, -0.25) is 0 Å². The Morgan fingerprint density at radius 3 is 2.23 bits per heavy atom. The lowest BCUT2D eigenvalue weighted by molar-refractivity contribution is -0.150. The second-order valence-electron chi connectivity index (χ2n) is 6.96. The van der Waals surface area contributed by atoms with Gasteiger partial charge in [0, 0.05) is 11.4 Å². The smallest absolute Gasteiger partial charge is 0.337 e. The van der Waals surface area contributed by atoms with E-state index in [-0.39, 0.29) is 11.8 Å². The van der Waals surface area contributed by atoms with Crippen molar-refractivity contribution in [2.24, 2.45) is 0 Å². The molecule has 2 N–H and O–H groups in total. The molecule has 0 radical (unpaired) electrons. The number of carbonyl (C=O) groups excluding carboxylic acids is 2. The van der Waals surface area contributed by atoms with E-state index >= 15 is 0 Å². The number of nitrogens with zero attached hydrogens (tertiary/aromatic N) is 1. The van der Waals surface area contributed by atoms with Gasteiger partial charge in [-0.05, 0) is 41.5 Å².